The molecule has 1 aliphatic rings. The third kappa shape index (κ3) is 0.533. The fraction of sp³-hybridized carbons (Fsp3) is 1.00. The van der Waals surface area contributed by atoms with Gasteiger partial charge in [0.15, 0.2) is 0 Å². The molecule has 0 amide bonds. The number of hydrogen-bond donors (Lipinski definition) is 0. The molecule has 2 atom stereocenters. The normalized spacial score (nSPS) is 43.0. The van der Waals surface area contributed by atoms with Gasteiger partial charge in [-0.15, -0.1) is 0 Å². The maximum atomic E-state index is 4.90. The van der Waals surface area contributed by atoms with Crippen LogP contribution in [0.15, 0.2) is 0 Å². The molecule has 2 unspecified atom stereocenters. The summed E-state index contributed by atoms with van der Waals surface area (Å²) >= 11 is 0. The van der Waals surface area contributed by atoms with Crippen LogP contribution in [0, 0.1) is 0 Å². The van der Waals surface area contributed by atoms with E-state index in [0.717, 1.165) is 6.54 Å². The molecule has 6 heavy (non-hydrogen) atoms. The van der Waals surface area contributed by atoms with Gasteiger partial charge < -0.3 is 4.74 Å². The van der Waals surface area contributed by atoms with Crippen molar-refractivity contribution in [2.45, 2.75) is 6.23 Å². The fourth-order valence-corrected chi connectivity index (χ4v) is 0.454. The van der Waals surface area contributed by atoms with Crippen LogP contribution in [0.3, 0.4) is 0 Å². The van der Waals surface area contributed by atoms with Crippen molar-refractivity contribution in [2.24, 2.45) is 0 Å². The molecule has 2 heteroatoms. The molecular weight excluding hydrogens is 78.0 g/mol. The van der Waals surface area contributed by atoms with Crippen molar-refractivity contribution < 1.29 is 4.74 Å². The van der Waals surface area contributed by atoms with Crippen LogP contribution in [0.4, 0.5) is 0 Å². The Labute approximate surface area is 37.7 Å². The molecule has 0 bridgehead atoms. The number of likely N-dealkylation sites (N-methyl/N-ethyl adjacent to an activating group) is 1. The maximum absolute atomic E-state index is 4.90. The second kappa shape index (κ2) is 1.21. The molecule has 0 N–H and O–H groups in total. The Bertz CT molecular complexity index is 53.5. The molecular formula is C4H9NO. The second-order valence-corrected chi connectivity index (χ2v) is 1.63. The summed E-state index contributed by atoms with van der Waals surface area (Å²) in [6, 6.07) is 0. The molecule has 0 radical (unpaired) electrons. The molecule has 1 rings (SSSR count). The van der Waals surface area contributed by atoms with E-state index < -0.39 is 0 Å². The van der Waals surface area contributed by atoms with Gasteiger partial charge in [0.1, 0.15) is 6.23 Å². The Morgan fingerprint density at radius 1 is 1.83 bits per heavy atom. The lowest BCUT2D eigenvalue weighted by Crippen LogP contribution is -1.94. The summed E-state index contributed by atoms with van der Waals surface area (Å²) in [5.41, 5.74) is 0. The van der Waals surface area contributed by atoms with Crippen LogP contribution in [0.1, 0.15) is 0 Å². The Balaban J connectivity index is 2.09. The van der Waals surface area contributed by atoms with Crippen molar-refractivity contribution in [2.75, 3.05) is 20.7 Å². The van der Waals surface area contributed by atoms with Crippen molar-refractivity contribution in [3.8, 4) is 0 Å². The van der Waals surface area contributed by atoms with Gasteiger partial charge in [-0.25, -0.2) is 0 Å². The molecule has 0 aromatic rings. The van der Waals surface area contributed by atoms with Crippen LogP contribution in [-0.4, -0.2) is 31.8 Å². The summed E-state index contributed by atoms with van der Waals surface area (Å²) in [5, 5.41) is 0. The summed E-state index contributed by atoms with van der Waals surface area (Å²) in [5.74, 6) is 0. The highest BCUT2D eigenvalue weighted by atomic mass is 16.5. The van der Waals surface area contributed by atoms with Gasteiger partial charge in [0.25, 0.3) is 0 Å². The van der Waals surface area contributed by atoms with Gasteiger partial charge in [0.2, 0.25) is 0 Å². The lowest BCUT2D eigenvalue weighted by atomic mass is 10.9. The van der Waals surface area contributed by atoms with E-state index in [1.807, 2.05) is 7.05 Å². The van der Waals surface area contributed by atoms with Crippen LogP contribution in [0.5, 0.6) is 0 Å². The van der Waals surface area contributed by atoms with E-state index in [9.17, 15) is 0 Å². The largest absolute Gasteiger partial charge is 0.365 e. The van der Waals surface area contributed by atoms with E-state index in [1.165, 1.54) is 0 Å². The van der Waals surface area contributed by atoms with E-state index in [4.69, 9.17) is 4.74 Å². The summed E-state index contributed by atoms with van der Waals surface area (Å²) in [4.78, 5) is 2.12. The van der Waals surface area contributed by atoms with Crippen molar-refractivity contribution in [1.82, 2.24) is 4.90 Å². The minimum Gasteiger partial charge on any atom is -0.365 e. The first kappa shape index (κ1) is 4.09. The molecule has 0 spiro atoms. The predicted molar refractivity (Wildman–Crippen MR) is 23.4 cm³/mol. The van der Waals surface area contributed by atoms with Gasteiger partial charge in [-0.3, -0.25) is 4.90 Å². The van der Waals surface area contributed by atoms with Crippen LogP contribution < -0.4 is 0 Å². The number of methoxy groups -OCH3 is 1. The molecule has 1 aliphatic heterocycles. The van der Waals surface area contributed by atoms with Crippen molar-refractivity contribution in [1.29, 1.82) is 0 Å². The number of nitrogens with zero attached hydrogens (tertiary/aromatic N) is 1. The third-order valence-electron chi connectivity index (χ3n) is 1.07. The van der Waals surface area contributed by atoms with Crippen LogP contribution in [0.2, 0.25) is 0 Å². The quantitative estimate of drug-likeness (QED) is 0.414. The van der Waals surface area contributed by atoms with E-state index in [2.05, 4.69) is 4.90 Å². The molecule has 1 saturated heterocycles. The predicted octanol–water partition coefficient (Wildman–Crippen LogP) is -0.0957. The lowest BCUT2D eigenvalue weighted by molar-refractivity contribution is 0.145. The molecule has 0 aliphatic carbocycles. The zero-order chi connectivity index (χ0) is 4.57. The minimum absolute atomic E-state index is 0.435. The first-order chi connectivity index (χ1) is 2.84. The Hall–Kier alpha value is -0.0800. The first-order valence-corrected chi connectivity index (χ1v) is 2.07. The molecule has 1 fully saturated rings. The summed E-state index contributed by atoms with van der Waals surface area (Å²) in [6.45, 7) is 1.11. The van der Waals surface area contributed by atoms with Crippen LogP contribution >= 0.6 is 0 Å². The molecule has 0 saturated carbocycles. The van der Waals surface area contributed by atoms with Gasteiger partial charge in [-0.05, 0) is 7.05 Å². The number of ether oxygens (including phenoxy) is 1. The third-order valence-corrected chi connectivity index (χ3v) is 1.07. The summed E-state index contributed by atoms with van der Waals surface area (Å²) in [6.07, 6.45) is 0.435. The highest BCUT2D eigenvalue weighted by Gasteiger charge is 2.28. The Morgan fingerprint density at radius 3 is 2.33 bits per heavy atom. The monoisotopic (exact) mass is 87.1 g/mol. The zero-order valence-electron chi connectivity index (χ0n) is 4.14. The topological polar surface area (TPSA) is 12.2 Å². The lowest BCUT2D eigenvalue weighted by Gasteiger charge is -1.86. The van der Waals surface area contributed by atoms with E-state index in [-0.39, 0.29) is 0 Å². The summed E-state index contributed by atoms with van der Waals surface area (Å²) < 4.78 is 4.90. The highest BCUT2D eigenvalue weighted by Crippen LogP contribution is 2.11. The van der Waals surface area contributed by atoms with Crippen molar-refractivity contribution in [3.05, 3.63) is 0 Å². The zero-order valence-corrected chi connectivity index (χ0v) is 4.14. The number of hydrogen-bond acceptors (Lipinski definition) is 2. The van der Waals surface area contributed by atoms with Crippen molar-refractivity contribution >= 4 is 0 Å². The molecule has 2 nitrogen and oxygen atoms in total. The van der Waals surface area contributed by atoms with Crippen LogP contribution in [0.25, 0.3) is 0 Å². The van der Waals surface area contributed by atoms with Gasteiger partial charge >= 0.3 is 0 Å². The number of rotatable bonds is 1. The first-order valence-electron chi connectivity index (χ1n) is 2.07. The van der Waals surface area contributed by atoms with Crippen molar-refractivity contribution in [3.63, 3.8) is 0 Å². The van der Waals surface area contributed by atoms with E-state index >= 15 is 0 Å². The average Bonchev–Trinajstić information content (AvgIpc) is 2.19. The smallest absolute Gasteiger partial charge is 0.123 e. The van der Waals surface area contributed by atoms with Gasteiger partial charge in [-0.1, -0.05) is 0 Å². The standard InChI is InChI=1S/C4H9NO/c1-5-3-4(5)6-2/h4H,3H2,1-2H3. The minimum atomic E-state index is 0.435. The van der Waals surface area contributed by atoms with Gasteiger partial charge in [0, 0.05) is 13.7 Å². The molecule has 1 heterocycles. The van der Waals surface area contributed by atoms with Gasteiger partial charge in [-0.2, -0.15) is 0 Å². The molecule has 0 aromatic heterocycles. The SMILES string of the molecule is COC1CN1C. The molecule has 0 aromatic carbocycles. The maximum Gasteiger partial charge on any atom is 0.123 e. The second-order valence-electron chi connectivity index (χ2n) is 1.63. The van der Waals surface area contributed by atoms with E-state index in [0.29, 0.717) is 6.23 Å². The van der Waals surface area contributed by atoms with Crippen LogP contribution in [-0.2, 0) is 4.74 Å². The average molecular weight is 87.1 g/mol. The van der Waals surface area contributed by atoms with Gasteiger partial charge in [0.05, 0.1) is 0 Å². The highest BCUT2D eigenvalue weighted by molar-refractivity contribution is 4.74. The summed E-state index contributed by atoms with van der Waals surface area (Å²) in [7, 11) is 3.77. The molecule has 36 valence electrons. The Kier molecular flexibility index (Phi) is 0.821. The van der Waals surface area contributed by atoms with E-state index in [1.54, 1.807) is 7.11 Å². The fourth-order valence-electron chi connectivity index (χ4n) is 0.454. The Morgan fingerprint density at radius 2 is 2.33 bits per heavy atom.